The molecule has 0 spiro atoms. The van der Waals surface area contributed by atoms with Crippen LogP contribution in [0.3, 0.4) is 0 Å². The van der Waals surface area contributed by atoms with Gasteiger partial charge in [-0.25, -0.2) is 9.97 Å². The predicted octanol–water partition coefficient (Wildman–Crippen LogP) is 2.74. The van der Waals surface area contributed by atoms with Crippen molar-refractivity contribution in [3.8, 4) is 0 Å². The second-order valence-corrected chi connectivity index (χ2v) is 5.98. The molecule has 4 nitrogen and oxygen atoms in total. The first kappa shape index (κ1) is 14.0. The summed E-state index contributed by atoms with van der Waals surface area (Å²) in [5.41, 5.74) is 2.93. The van der Waals surface area contributed by atoms with Gasteiger partial charge in [-0.15, -0.1) is 0 Å². The molecular weight excluding hydrogens is 240 g/mol. The molecule has 0 aliphatic heterocycles. The lowest BCUT2D eigenvalue weighted by Crippen LogP contribution is -2.13. The van der Waals surface area contributed by atoms with Crippen LogP contribution in [0.25, 0.3) is 0 Å². The maximum absolute atomic E-state index is 11.0. The minimum absolute atomic E-state index is 0.0285. The lowest BCUT2D eigenvalue weighted by atomic mass is 10.0. The molecule has 0 aromatic carbocycles. The van der Waals surface area contributed by atoms with Crippen molar-refractivity contribution in [1.82, 2.24) is 9.97 Å². The summed E-state index contributed by atoms with van der Waals surface area (Å²) in [6, 6.07) is 0. The van der Waals surface area contributed by atoms with Crippen LogP contribution in [0.2, 0.25) is 0 Å². The minimum Gasteiger partial charge on any atom is -0.481 e. The maximum atomic E-state index is 11.0. The molecule has 1 N–H and O–H groups in total. The quantitative estimate of drug-likeness (QED) is 0.886. The molecule has 0 bridgehead atoms. The summed E-state index contributed by atoms with van der Waals surface area (Å²) in [5.74, 6) is 0.530. The first-order chi connectivity index (χ1) is 8.89. The zero-order valence-electron chi connectivity index (χ0n) is 12.2. The van der Waals surface area contributed by atoms with Gasteiger partial charge in [0.1, 0.15) is 5.82 Å². The number of nitrogens with zero attached hydrogens (tertiary/aromatic N) is 2. The Labute approximate surface area is 114 Å². The fourth-order valence-electron chi connectivity index (χ4n) is 2.61. The van der Waals surface area contributed by atoms with E-state index in [1.165, 1.54) is 0 Å². The fraction of sp³-hybridized carbons (Fsp3) is 0.667. The molecule has 1 fully saturated rings. The molecule has 104 valence electrons. The molecule has 1 atom stereocenters. The summed E-state index contributed by atoms with van der Waals surface area (Å²) in [5, 5.41) is 9.03. The van der Waals surface area contributed by atoms with Gasteiger partial charge < -0.3 is 5.11 Å². The Morgan fingerprint density at radius 2 is 1.74 bits per heavy atom. The number of carboxylic acid groups (broad SMARTS) is 1. The third-order valence-electron chi connectivity index (χ3n) is 4.02. The largest absolute Gasteiger partial charge is 0.481 e. The van der Waals surface area contributed by atoms with E-state index in [1.54, 1.807) is 0 Å². The summed E-state index contributed by atoms with van der Waals surface area (Å²) in [6.07, 6.45) is 2.68. The SMILES string of the molecule is CCc1nc(C2CC2(C)C)nc(CC)c1CC(=O)O. The zero-order chi connectivity index (χ0) is 14.2. The topological polar surface area (TPSA) is 63.1 Å². The van der Waals surface area contributed by atoms with Crippen molar-refractivity contribution in [1.29, 1.82) is 0 Å². The molecule has 1 heterocycles. The standard InChI is InChI=1S/C15H22N2O2/c1-5-11-9(7-13(18)19)12(6-2)17-14(16-11)10-8-15(10,3)4/h10H,5-8H2,1-4H3,(H,18,19). The molecule has 1 aliphatic carbocycles. The second-order valence-electron chi connectivity index (χ2n) is 5.98. The van der Waals surface area contributed by atoms with Crippen molar-refractivity contribution >= 4 is 5.97 Å². The van der Waals surface area contributed by atoms with Gasteiger partial charge in [0.25, 0.3) is 0 Å². The van der Waals surface area contributed by atoms with Crippen molar-refractivity contribution in [3.63, 3.8) is 0 Å². The van der Waals surface area contributed by atoms with E-state index in [9.17, 15) is 4.79 Å². The van der Waals surface area contributed by atoms with Gasteiger partial charge in [-0.3, -0.25) is 4.79 Å². The van der Waals surface area contributed by atoms with Crippen LogP contribution in [0.5, 0.6) is 0 Å². The molecule has 1 aromatic heterocycles. The van der Waals surface area contributed by atoms with Crippen molar-refractivity contribution < 1.29 is 9.90 Å². The van der Waals surface area contributed by atoms with Gasteiger partial charge >= 0.3 is 5.97 Å². The van der Waals surface area contributed by atoms with E-state index >= 15 is 0 Å². The van der Waals surface area contributed by atoms with E-state index in [2.05, 4.69) is 23.8 Å². The first-order valence-electron chi connectivity index (χ1n) is 6.99. The summed E-state index contributed by atoms with van der Waals surface area (Å²) < 4.78 is 0. The normalized spacial score (nSPS) is 20.3. The van der Waals surface area contributed by atoms with E-state index < -0.39 is 5.97 Å². The van der Waals surface area contributed by atoms with Gasteiger partial charge in [-0.1, -0.05) is 27.7 Å². The van der Waals surface area contributed by atoms with E-state index in [0.717, 1.165) is 42.0 Å². The molecule has 1 aromatic rings. The van der Waals surface area contributed by atoms with Crippen LogP contribution in [0, 0.1) is 5.41 Å². The molecule has 0 saturated heterocycles. The molecule has 0 radical (unpaired) electrons. The summed E-state index contributed by atoms with van der Waals surface area (Å²) in [6.45, 7) is 8.50. The number of hydrogen-bond acceptors (Lipinski definition) is 3. The van der Waals surface area contributed by atoms with Gasteiger partial charge in [0.05, 0.1) is 6.42 Å². The van der Waals surface area contributed by atoms with Gasteiger partial charge in [0.15, 0.2) is 0 Å². The number of aryl methyl sites for hydroxylation is 2. The van der Waals surface area contributed by atoms with E-state index in [1.807, 2.05) is 13.8 Å². The average molecular weight is 262 g/mol. The van der Waals surface area contributed by atoms with Crippen molar-refractivity contribution in [3.05, 3.63) is 22.8 Å². The van der Waals surface area contributed by atoms with Gasteiger partial charge in [0.2, 0.25) is 0 Å². The van der Waals surface area contributed by atoms with Crippen LogP contribution < -0.4 is 0 Å². The molecule has 4 heteroatoms. The summed E-state index contributed by atoms with van der Waals surface area (Å²) in [4.78, 5) is 20.3. The number of carboxylic acids is 1. The van der Waals surface area contributed by atoms with Gasteiger partial charge in [-0.05, 0) is 24.7 Å². The van der Waals surface area contributed by atoms with E-state index in [-0.39, 0.29) is 6.42 Å². The van der Waals surface area contributed by atoms with Crippen molar-refractivity contribution in [2.24, 2.45) is 5.41 Å². The molecule has 1 saturated carbocycles. The number of aromatic nitrogens is 2. The highest BCUT2D eigenvalue weighted by Crippen LogP contribution is 2.57. The summed E-state index contributed by atoms with van der Waals surface area (Å²) in [7, 11) is 0. The molecule has 1 unspecified atom stereocenters. The first-order valence-corrected chi connectivity index (χ1v) is 6.99. The third kappa shape index (κ3) is 2.77. The average Bonchev–Trinajstić information content (AvgIpc) is 2.98. The monoisotopic (exact) mass is 262 g/mol. The van der Waals surface area contributed by atoms with Crippen LogP contribution in [-0.4, -0.2) is 21.0 Å². The lowest BCUT2D eigenvalue weighted by molar-refractivity contribution is -0.136. The number of carbonyl (C=O) groups is 1. The van der Waals surface area contributed by atoms with Crippen LogP contribution in [0.4, 0.5) is 0 Å². The molecule has 1 aliphatic rings. The number of aliphatic carboxylic acids is 1. The number of rotatable bonds is 5. The van der Waals surface area contributed by atoms with E-state index in [0.29, 0.717) is 11.3 Å². The van der Waals surface area contributed by atoms with Crippen molar-refractivity contribution in [2.45, 2.75) is 59.3 Å². The highest BCUT2D eigenvalue weighted by atomic mass is 16.4. The highest BCUT2D eigenvalue weighted by molar-refractivity contribution is 5.71. The molecule has 0 amide bonds. The third-order valence-corrected chi connectivity index (χ3v) is 4.02. The Balaban J connectivity index is 2.43. The lowest BCUT2D eigenvalue weighted by Gasteiger charge is -2.13. The Bertz CT molecular complexity index is 484. The van der Waals surface area contributed by atoms with Crippen LogP contribution in [0.15, 0.2) is 0 Å². The molecular formula is C15H22N2O2. The summed E-state index contributed by atoms with van der Waals surface area (Å²) >= 11 is 0. The Morgan fingerprint density at radius 1 is 1.26 bits per heavy atom. The number of hydrogen-bond donors (Lipinski definition) is 1. The Morgan fingerprint density at radius 3 is 2.05 bits per heavy atom. The highest BCUT2D eigenvalue weighted by Gasteiger charge is 2.48. The fourth-order valence-corrected chi connectivity index (χ4v) is 2.61. The Hall–Kier alpha value is -1.45. The zero-order valence-corrected chi connectivity index (χ0v) is 12.2. The smallest absolute Gasteiger partial charge is 0.307 e. The predicted molar refractivity (Wildman–Crippen MR) is 73.3 cm³/mol. The van der Waals surface area contributed by atoms with Gasteiger partial charge in [-0.2, -0.15) is 0 Å². The van der Waals surface area contributed by atoms with Crippen LogP contribution >= 0.6 is 0 Å². The van der Waals surface area contributed by atoms with E-state index in [4.69, 9.17) is 5.11 Å². The molecule has 19 heavy (non-hydrogen) atoms. The van der Waals surface area contributed by atoms with Crippen molar-refractivity contribution in [2.75, 3.05) is 0 Å². The van der Waals surface area contributed by atoms with Crippen LogP contribution in [-0.2, 0) is 24.1 Å². The van der Waals surface area contributed by atoms with Gasteiger partial charge in [0, 0.05) is 22.9 Å². The van der Waals surface area contributed by atoms with Crippen LogP contribution in [0.1, 0.15) is 62.8 Å². The maximum Gasteiger partial charge on any atom is 0.307 e. The minimum atomic E-state index is -0.812. The molecule has 2 rings (SSSR count). The second kappa shape index (κ2) is 4.91. The Kier molecular flexibility index (Phi) is 3.61.